The van der Waals surface area contributed by atoms with E-state index in [4.69, 9.17) is 10.5 Å². The molecule has 4 nitrogen and oxygen atoms in total. The first kappa shape index (κ1) is 13.8. The van der Waals surface area contributed by atoms with E-state index in [2.05, 4.69) is 24.0 Å². The average molecular weight is 282 g/mol. The molecule has 1 aliphatic rings. The van der Waals surface area contributed by atoms with Gasteiger partial charge in [-0.1, -0.05) is 6.07 Å². The van der Waals surface area contributed by atoms with Gasteiger partial charge in [0.15, 0.2) is 5.78 Å². The zero-order valence-electron chi connectivity index (χ0n) is 12.2. The maximum atomic E-state index is 11.3. The van der Waals surface area contributed by atoms with Crippen molar-refractivity contribution in [1.82, 2.24) is 4.98 Å². The summed E-state index contributed by atoms with van der Waals surface area (Å²) in [6.45, 7) is 4.10. The summed E-state index contributed by atoms with van der Waals surface area (Å²) in [6, 6.07) is 7.87. The Labute approximate surface area is 124 Å². The Morgan fingerprint density at radius 1 is 1.43 bits per heavy atom. The molecule has 0 spiro atoms. The fourth-order valence-corrected chi connectivity index (χ4v) is 2.68. The predicted octanol–water partition coefficient (Wildman–Crippen LogP) is 2.52. The number of carbonyl (C=O) groups excluding carboxylic acids is 1. The lowest BCUT2D eigenvalue weighted by Gasteiger charge is -2.11. The number of pyridine rings is 1. The number of nitrogens with two attached hydrogens (primary N) is 1. The van der Waals surface area contributed by atoms with Crippen molar-refractivity contribution in [2.24, 2.45) is 5.73 Å². The smallest absolute Gasteiger partial charge is 0.161 e. The van der Waals surface area contributed by atoms with Crippen molar-refractivity contribution >= 4 is 5.78 Å². The van der Waals surface area contributed by atoms with Crippen LogP contribution in [-0.2, 0) is 6.42 Å². The second kappa shape index (κ2) is 5.30. The highest BCUT2D eigenvalue weighted by Gasteiger charge is 2.25. The highest BCUT2D eigenvalue weighted by Crippen LogP contribution is 2.39. The summed E-state index contributed by atoms with van der Waals surface area (Å²) in [7, 11) is 0. The summed E-state index contributed by atoms with van der Waals surface area (Å²) in [5, 5.41) is 0. The van der Waals surface area contributed by atoms with Gasteiger partial charge >= 0.3 is 0 Å². The molecule has 1 atom stereocenters. The zero-order chi connectivity index (χ0) is 15.0. The lowest BCUT2D eigenvalue weighted by Crippen LogP contribution is -2.24. The van der Waals surface area contributed by atoms with Gasteiger partial charge in [0.2, 0.25) is 0 Å². The van der Waals surface area contributed by atoms with Gasteiger partial charge in [-0.3, -0.25) is 9.78 Å². The molecule has 0 saturated carbocycles. The molecule has 0 radical (unpaired) electrons. The summed E-state index contributed by atoms with van der Waals surface area (Å²) in [5.74, 6) is 0.891. The van der Waals surface area contributed by atoms with Gasteiger partial charge in [-0.15, -0.1) is 0 Å². The summed E-state index contributed by atoms with van der Waals surface area (Å²) in [6.07, 6.45) is 2.49. The number of benzene rings is 1. The first-order valence-electron chi connectivity index (χ1n) is 7.06. The molecule has 0 amide bonds. The molecule has 21 heavy (non-hydrogen) atoms. The molecule has 1 aliphatic heterocycles. The van der Waals surface area contributed by atoms with E-state index in [9.17, 15) is 4.79 Å². The third-order valence-corrected chi connectivity index (χ3v) is 3.75. The lowest BCUT2D eigenvalue weighted by molar-refractivity contribution is 0.101. The molecular weight excluding hydrogens is 264 g/mol. The van der Waals surface area contributed by atoms with Crippen molar-refractivity contribution in [1.29, 1.82) is 0 Å². The standard InChI is InChI=1S/C17H18N2O2/c1-10-5-13-7-14(8-18)21-17(13)15(6-10)16-4-3-12(9-19-16)11(2)20/h3-6,9,14H,7-8,18H2,1-2H3. The first-order valence-corrected chi connectivity index (χ1v) is 7.06. The lowest BCUT2D eigenvalue weighted by atomic mass is 10.00. The van der Waals surface area contributed by atoms with E-state index in [1.165, 1.54) is 18.1 Å². The molecule has 0 aliphatic carbocycles. The van der Waals surface area contributed by atoms with Crippen LogP contribution >= 0.6 is 0 Å². The van der Waals surface area contributed by atoms with Crippen molar-refractivity contribution in [3.05, 3.63) is 47.2 Å². The number of ether oxygens (including phenoxy) is 1. The van der Waals surface area contributed by atoms with E-state index in [0.717, 1.165) is 23.4 Å². The molecule has 1 unspecified atom stereocenters. The largest absolute Gasteiger partial charge is 0.488 e. The second-order valence-corrected chi connectivity index (χ2v) is 5.47. The van der Waals surface area contributed by atoms with Gasteiger partial charge in [0.25, 0.3) is 0 Å². The molecule has 2 aromatic rings. The van der Waals surface area contributed by atoms with Gasteiger partial charge < -0.3 is 10.5 Å². The normalized spacial score (nSPS) is 16.4. The molecule has 0 saturated heterocycles. The zero-order valence-corrected chi connectivity index (χ0v) is 12.2. The summed E-state index contributed by atoms with van der Waals surface area (Å²) in [4.78, 5) is 15.7. The third kappa shape index (κ3) is 2.54. The number of hydrogen-bond acceptors (Lipinski definition) is 4. The van der Waals surface area contributed by atoms with Crippen LogP contribution in [0.3, 0.4) is 0 Å². The second-order valence-electron chi connectivity index (χ2n) is 5.47. The van der Waals surface area contributed by atoms with E-state index in [1.807, 2.05) is 6.07 Å². The van der Waals surface area contributed by atoms with Crippen LogP contribution < -0.4 is 10.5 Å². The Balaban J connectivity index is 2.05. The molecular formula is C17H18N2O2. The van der Waals surface area contributed by atoms with E-state index >= 15 is 0 Å². The van der Waals surface area contributed by atoms with Gasteiger partial charge in [0.05, 0.1) is 5.69 Å². The van der Waals surface area contributed by atoms with Gasteiger partial charge in [0.1, 0.15) is 11.9 Å². The van der Waals surface area contributed by atoms with E-state index in [0.29, 0.717) is 12.1 Å². The van der Waals surface area contributed by atoms with Crippen LogP contribution in [0.5, 0.6) is 5.75 Å². The maximum Gasteiger partial charge on any atom is 0.161 e. The fraction of sp³-hybridized carbons (Fsp3) is 0.294. The van der Waals surface area contributed by atoms with Crippen molar-refractivity contribution in [2.45, 2.75) is 26.4 Å². The molecule has 108 valence electrons. The SMILES string of the molecule is CC(=O)c1ccc(-c2cc(C)cc3c2OC(CN)C3)nc1. The maximum absolute atomic E-state index is 11.3. The Morgan fingerprint density at radius 2 is 2.24 bits per heavy atom. The van der Waals surface area contributed by atoms with Gasteiger partial charge in [-0.2, -0.15) is 0 Å². The van der Waals surface area contributed by atoms with E-state index in [-0.39, 0.29) is 11.9 Å². The Hall–Kier alpha value is -2.20. The number of ketones is 1. The van der Waals surface area contributed by atoms with Crippen molar-refractivity contribution < 1.29 is 9.53 Å². The van der Waals surface area contributed by atoms with Crippen molar-refractivity contribution in [2.75, 3.05) is 6.54 Å². The Bertz CT molecular complexity index is 693. The molecule has 1 aromatic heterocycles. The minimum absolute atomic E-state index is 0.0166. The number of rotatable bonds is 3. The molecule has 1 aromatic carbocycles. The number of aryl methyl sites for hydroxylation is 1. The summed E-state index contributed by atoms with van der Waals surface area (Å²) < 4.78 is 5.94. The minimum atomic E-state index is 0.0166. The average Bonchev–Trinajstić information content (AvgIpc) is 2.89. The number of hydrogen-bond donors (Lipinski definition) is 1. The third-order valence-electron chi connectivity index (χ3n) is 3.75. The van der Waals surface area contributed by atoms with Gasteiger partial charge in [0, 0.05) is 30.3 Å². The number of nitrogens with zero attached hydrogens (tertiary/aromatic N) is 1. The number of carbonyl (C=O) groups is 1. The number of Topliss-reactive ketones (excluding diaryl/α,β-unsaturated/α-hetero) is 1. The van der Waals surface area contributed by atoms with Crippen LogP contribution in [0.4, 0.5) is 0 Å². The predicted molar refractivity (Wildman–Crippen MR) is 81.6 cm³/mol. The van der Waals surface area contributed by atoms with E-state index in [1.54, 1.807) is 12.3 Å². The first-order chi connectivity index (χ1) is 10.1. The van der Waals surface area contributed by atoms with Crippen LogP contribution in [0.1, 0.15) is 28.4 Å². The molecule has 0 fully saturated rings. The van der Waals surface area contributed by atoms with Crippen LogP contribution in [-0.4, -0.2) is 23.4 Å². The topological polar surface area (TPSA) is 65.2 Å². The summed E-state index contributed by atoms with van der Waals surface area (Å²) >= 11 is 0. The number of fused-ring (bicyclic) bond motifs is 1. The van der Waals surface area contributed by atoms with Crippen LogP contribution in [0.2, 0.25) is 0 Å². The molecule has 0 bridgehead atoms. The highest BCUT2D eigenvalue weighted by molar-refractivity contribution is 5.94. The molecule has 4 heteroatoms. The van der Waals surface area contributed by atoms with Gasteiger partial charge in [-0.05, 0) is 43.2 Å². The van der Waals surface area contributed by atoms with Crippen molar-refractivity contribution in [3.63, 3.8) is 0 Å². The van der Waals surface area contributed by atoms with Gasteiger partial charge in [-0.25, -0.2) is 0 Å². The Morgan fingerprint density at radius 3 is 2.86 bits per heavy atom. The number of aromatic nitrogens is 1. The Kier molecular flexibility index (Phi) is 3.47. The monoisotopic (exact) mass is 282 g/mol. The van der Waals surface area contributed by atoms with Crippen LogP contribution in [0.15, 0.2) is 30.5 Å². The molecule has 2 heterocycles. The highest BCUT2D eigenvalue weighted by atomic mass is 16.5. The molecule has 3 rings (SSSR count). The fourth-order valence-electron chi connectivity index (χ4n) is 2.68. The van der Waals surface area contributed by atoms with Crippen molar-refractivity contribution in [3.8, 4) is 17.0 Å². The quantitative estimate of drug-likeness (QED) is 0.879. The van der Waals surface area contributed by atoms with Crippen LogP contribution in [0.25, 0.3) is 11.3 Å². The molecule has 2 N–H and O–H groups in total. The summed E-state index contributed by atoms with van der Waals surface area (Å²) in [5.41, 5.74) is 10.5. The van der Waals surface area contributed by atoms with Crippen LogP contribution in [0, 0.1) is 6.92 Å². The minimum Gasteiger partial charge on any atom is -0.488 e. The van der Waals surface area contributed by atoms with E-state index < -0.39 is 0 Å².